The van der Waals surface area contributed by atoms with Crippen molar-refractivity contribution >= 4 is 39.8 Å². The van der Waals surface area contributed by atoms with E-state index < -0.39 is 17.9 Å². The first-order valence-corrected chi connectivity index (χ1v) is 7.00. The minimum absolute atomic E-state index is 0.194. The molecule has 0 saturated carbocycles. The van der Waals surface area contributed by atoms with Crippen molar-refractivity contribution in [3.63, 3.8) is 0 Å². The molecular formula is C14H16BrNO4. The van der Waals surface area contributed by atoms with Gasteiger partial charge in [0, 0.05) is 10.7 Å². The van der Waals surface area contributed by atoms with E-state index in [4.69, 9.17) is 9.47 Å². The number of ether oxygens (including phenoxy) is 2. The number of aliphatic imine (C=N–C) groups is 1. The molecule has 0 N–H and O–H groups in total. The van der Waals surface area contributed by atoms with Crippen molar-refractivity contribution < 1.29 is 19.1 Å². The average molecular weight is 342 g/mol. The number of hydrogen-bond acceptors (Lipinski definition) is 5. The normalized spacial score (nSPS) is 10.8. The number of esters is 2. The standard InChI is InChI=1S/C14H16BrNO4/c1-3-19-13(17)12(14(18)20-4-2)9-16-11-7-5-6-10(15)8-11/h5-9,12H,3-4H2,1-2H3/b16-9-. The molecule has 108 valence electrons. The van der Waals surface area contributed by atoms with Crippen LogP contribution in [-0.4, -0.2) is 31.4 Å². The van der Waals surface area contributed by atoms with E-state index in [2.05, 4.69) is 20.9 Å². The van der Waals surface area contributed by atoms with Crippen molar-refractivity contribution in [3.05, 3.63) is 28.7 Å². The zero-order valence-corrected chi connectivity index (χ0v) is 12.9. The van der Waals surface area contributed by atoms with Crippen LogP contribution in [0.2, 0.25) is 0 Å². The van der Waals surface area contributed by atoms with Gasteiger partial charge in [0.1, 0.15) is 0 Å². The Hall–Kier alpha value is -1.69. The van der Waals surface area contributed by atoms with Gasteiger partial charge in [0.05, 0.1) is 18.9 Å². The van der Waals surface area contributed by atoms with Crippen molar-refractivity contribution in [3.8, 4) is 0 Å². The Kier molecular flexibility index (Phi) is 6.93. The number of hydrogen-bond donors (Lipinski definition) is 0. The van der Waals surface area contributed by atoms with Gasteiger partial charge in [-0.25, -0.2) is 0 Å². The lowest BCUT2D eigenvalue weighted by Gasteiger charge is -2.09. The zero-order chi connectivity index (χ0) is 15.0. The van der Waals surface area contributed by atoms with E-state index in [1.165, 1.54) is 6.21 Å². The predicted molar refractivity (Wildman–Crippen MR) is 79.1 cm³/mol. The Balaban J connectivity index is 2.88. The third-order valence-electron chi connectivity index (χ3n) is 2.26. The summed E-state index contributed by atoms with van der Waals surface area (Å²) in [5.41, 5.74) is 0.623. The molecule has 5 nitrogen and oxygen atoms in total. The smallest absolute Gasteiger partial charge is 0.325 e. The molecule has 0 spiro atoms. The van der Waals surface area contributed by atoms with Crippen LogP contribution in [0.4, 0.5) is 5.69 Å². The molecule has 0 saturated heterocycles. The summed E-state index contributed by atoms with van der Waals surface area (Å²) in [6, 6.07) is 7.19. The fourth-order valence-electron chi connectivity index (χ4n) is 1.40. The van der Waals surface area contributed by atoms with E-state index in [1.54, 1.807) is 32.0 Å². The van der Waals surface area contributed by atoms with Gasteiger partial charge in [-0.3, -0.25) is 14.6 Å². The van der Waals surface area contributed by atoms with Gasteiger partial charge in [-0.2, -0.15) is 0 Å². The first kappa shape index (κ1) is 16.4. The Labute approximate surface area is 126 Å². The van der Waals surface area contributed by atoms with Crippen molar-refractivity contribution in [1.29, 1.82) is 0 Å². The Morgan fingerprint density at radius 3 is 2.35 bits per heavy atom. The lowest BCUT2D eigenvalue weighted by Crippen LogP contribution is -2.29. The summed E-state index contributed by atoms with van der Waals surface area (Å²) in [4.78, 5) is 27.6. The van der Waals surface area contributed by atoms with Gasteiger partial charge in [-0.05, 0) is 32.0 Å². The van der Waals surface area contributed by atoms with Gasteiger partial charge in [0.2, 0.25) is 0 Å². The molecule has 6 heteroatoms. The van der Waals surface area contributed by atoms with Crippen LogP contribution in [0.3, 0.4) is 0 Å². The molecule has 0 aliphatic carbocycles. The third kappa shape index (κ3) is 5.13. The SMILES string of the molecule is CCOC(=O)C(/C=N\c1cccc(Br)c1)C(=O)OCC. The molecule has 0 amide bonds. The molecule has 0 unspecified atom stereocenters. The topological polar surface area (TPSA) is 65.0 Å². The summed E-state index contributed by atoms with van der Waals surface area (Å²) >= 11 is 3.32. The molecule has 0 aliphatic rings. The van der Waals surface area contributed by atoms with Crippen molar-refractivity contribution in [2.75, 3.05) is 13.2 Å². The zero-order valence-electron chi connectivity index (χ0n) is 11.3. The third-order valence-corrected chi connectivity index (χ3v) is 2.76. The lowest BCUT2D eigenvalue weighted by atomic mass is 10.1. The van der Waals surface area contributed by atoms with E-state index >= 15 is 0 Å². The van der Waals surface area contributed by atoms with Gasteiger partial charge in [-0.1, -0.05) is 22.0 Å². The maximum absolute atomic E-state index is 11.7. The summed E-state index contributed by atoms with van der Waals surface area (Å²) in [6.07, 6.45) is 1.25. The predicted octanol–water partition coefficient (Wildman–Crippen LogP) is 2.89. The molecule has 0 aliphatic heterocycles. The van der Waals surface area contributed by atoms with E-state index in [1.807, 2.05) is 6.07 Å². The molecule has 1 aromatic rings. The minimum Gasteiger partial charge on any atom is -0.465 e. The number of benzene rings is 1. The van der Waals surface area contributed by atoms with Crippen molar-refractivity contribution in [2.24, 2.45) is 10.9 Å². The van der Waals surface area contributed by atoms with Crippen LogP contribution in [0.25, 0.3) is 0 Å². The quantitative estimate of drug-likeness (QED) is 0.453. The highest BCUT2D eigenvalue weighted by atomic mass is 79.9. The molecule has 0 radical (unpaired) electrons. The maximum atomic E-state index is 11.7. The maximum Gasteiger partial charge on any atom is 0.325 e. The van der Waals surface area contributed by atoms with Crippen LogP contribution in [-0.2, 0) is 19.1 Å². The van der Waals surface area contributed by atoms with Gasteiger partial charge >= 0.3 is 11.9 Å². The van der Waals surface area contributed by atoms with E-state index in [0.29, 0.717) is 5.69 Å². The molecule has 0 heterocycles. The molecule has 1 aromatic carbocycles. The first-order valence-electron chi connectivity index (χ1n) is 6.21. The fraction of sp³-hybridized carbons (Fsp3) is 0.357. The first-order chi connectivity index (χ1) is 9.58. The van der Waals surface area contributed by atoms with Crippen LogP contribution in [0, 0.1) is 5.92 Å². The van der Waals surface area contributed by atoms with E-state index in [0.717, 1.165) is 4.47 Å². The fourth-order valence-corrected chi connectivity index (χ4v) is 1.79. The summed E-state index contributed by atoms with van der Waals surface area (Å²) in [6.45, 7) is 3.73. The van der Waals surface area contributed by atoms with E-state index in [9.17, 15) is 9.59 Å². The Morgan fingerprint density at radius 2 is 1.85 bits per heavy atom. The highest BCUT2D eigenvalue weighted by Crippen LogP contribution is 2.18. The monoisotopic (exact) mass is 341 g/mol. The number of halogens is 1. The van der Waals surface area contributed by atoms with E-state index in [-0.39, 0.29) is 13.2 Å². The largest absolute Gasteiger partial charge is 0.465 e. The number of rotatable bonds is 6. The van der Waals surface area contributed by atoms with Crippen LogP contribution < -0.4 is 0 Å². The second-order valence-corrected chi connectivity index (χ2v) is 4.66. The summed E-state index contributed by atoms with van der Waals surface area (Å²) in [5.74, 6) is -2.47. The van der Waals surface area contributed by atoms with Gasteiger partial charge in [0.25, 0.3) is 0 Å². The lowest BCUT2D eigenvalue weighted by molar-refractivity contribution is -0.157. The molecule has 1 rings (SSSR count). The second kappa shape index (κ2) is 8.47. The summed E-state index contributed by atoms with van der Waals surface area (Å²) in [7, 11) is 0. The Bertz CT molecular complexity index is 484. The average Bonchev–Trinajstić information content (AvgIpc) is 2.39. The molecule has 0 atom stereocenters. The number of nitrogens with zero attached hydrogens (tertiary/aromatic N) is 1. The van der Waals surface area contributed by atoms with Crippen molar-refractivity contribution in [1.82, 2.24) is 0 Å². The molecular weight excluding hydrogens is 326 g/mol. The van der Waals surface area contributed by atoms with Crippen molar-refractivity contribution in [2.45, 2.75) is 13.8 Å². The van der Waals surface area contributed by atoms with Crippen LogP contribution in [0.1, 0.15) is 13.8 Å². The molecule has 0 fully saturated rings. The molecule has 0 aromatic heterocycles. The van der Waals surface area contributed by atoms with Gasteiger partial charge in [-0.15, -0.1) is 0 Å². The number of carbonyl (C=O) groups is 2. The highest BCUT2D eigenvalue weighted by Gasteiger charge is 2.27. The van der Waals surface area contributed by atoms with Gasteiger partial charge in [0.15, 0.2) is 5.92 Å². The highest BCUT2D eigenvalue weighted by molar-refractivity contribution is 9.10. The summed E-state index contributed by atoms with van der Waals surface area (Å²) < 4.78 is 10.5. The van der Waals surface area contributed by atoms with Crippen LogP contribution >= 0.6 is 15.9 Å². The molecule has 0 bridgehead atoms. The van der Waals surface area contributed by atoms with Crippen LogP contribution in [0.15, 0.2) is 33.7 Å². The van der Waals surface area contributed by atoms with Gasteiger partial charge < -0.3 is 9.47 Å². The molecule has 20 heavy (non-hydrogen) atoms. The second-order valence-electron chi connectivity index (χ2n) is 3.74. The minimum atomic E-state index is -1.14. The van der Waals surface area contributed by atoms with Crippen LogP contribution in [0.5, 0.6) is 0 Å². The number of carbonyl (C=O) groups excluding carboxylic acids is 2. The Morgan fingerprint density at radius 1 is 1.25 bits per heavy atom. The summed E-state index contributed by atoms with van der Waals surface area (Å²) in [5, 5.41) is 0.